The van der Waals surface area contributed by atoms with Gasteiger partial charge in [0.25, 0.3) is 5.91 Å². The Hall–Kier alpha value is -1.38. The van der Waals surface area contributed by atoms with E-state index in [1.807, 2.05) is 13.8 Å². The molecule has 1 aromatic rings. The number of pyridine rings is 1. The summed E-state index contributed by atoms with van der Waals surface area (Å²) < 4.78 is 0. The molecule has 1 aliphatic rings. The Bertz CT molecular complexity index is 344. The first-order chi connectivity index (χ1) is 5.61. The fourth-order valence-electron chi connectivity index (χ4n) is 1.50. The highest BCUT2D eigenvalue weighted by atomic mass is 16.2. The van der Waals surface area contributed by atoms with Crippen molar-refractivity contribution in [2.75, 3.05) is 0 Å². The molecule has 0 bridgehead atoms. The fraction of sp³-hybridized carbons (Fsp3) is 0.333. The average Bonchev–Trinajstić information content (AvgIpc) is 2.25. The number of hydrogen-bond acceptors (Lipinski definition) is 2. The zero-order valence-corrected chi connectivity index (χ0v) is 7.09. The van der Waals surface area contributed by atoms with Crippen LogP contribution in [0.5, 0.6) is 0 Å². The first-order valence-corrected chi connectivity index (χ1v) is 3.89. The van der Waals surface area contributed by atoms with Gasteiger partial charge in [-0.3, -0.25) is 9.78 Å². The highest BCUT2D eigenvalue weighted by molar-refractivity contribution is 5.99. The third-order valence-electron chi connectivity index (χ3n) is 2.07. The Morgan fingerprint density at radius 3 is 2.92 bits per heavy atom. The van der Waals surface area contributed by atoms with Crippen molar-refractivity contribution in [2.45, 2.75) is 19.4 Å². The summed E-state index contributed by atoms with van der Waals surface area (Å²) in [6, 6.07) is 3.58. The minimum Gasteiger partial charge on any atom is -0.341 e. The summed E-state index contributed by atoms with van der Waals surface area (Å²) in [6.45, 7) is 3.90. The lowest BCUT2D eigenvalue weighted by atomic mass is 10.0. The van der Waals surface area contributed by atoms with Gasteiger partial charge in [0.15, 0.2) is 0 Å². The maximum atomic E-state index is 11.3. The SMILES string of the molecule is CC1(C)NC(=O)c2cccnc21. The third-order valence-corrected chi connectivity index (χ3v) is 2.07. The normalized spacial score (nSPS) is 18.7. The topological polar surface area (TPSA) is 42.0 Å². The lowest BCUT2D eigenvalue weighted by Crippen LogP contribution is -2.33. The van der Waals surface area contributed by atoms with E-state index in [-0.39, 0.29) is 11.4 Å². The van der Waals surface area contributed by atoms with E-state index in [1.165, 1.54) is 0 Å². The molecule has 3 nitrogen and oxygen atoms in total. The molecule has 0 atom stereocenters. The fourth-order valence-corrected chi connectivity index (χ4v) is 1.50. The van der Waals surface area contributed by atoms with Crippen LogP contribution in [0.15, 0.2) is 18.3 Å². The molecular formula is C9H10N2O. The summed E-state index contributed by atoms with van der Waals surface area (Å²) >= 11 is 0. The molecule has 1 aliphatic heterocycles. The van der Waals surface area contributed by atoms with Gasteiger partial charge in [-0.15, -0.1) is 0 Å². The summed E-state index contributed by atoms with van der Waals surface area (Å²) in [5.74, 6) is -0.0249. The van der Waals surface area contributed by atoms with E-state index < -0.39 is 0 Å². The van der Waals surface area contributed by atoms with Crippen molar-refractivity contribution in [1.82, 2.24) is 10.3 Å². The van der Waals surface area contributed by atoms with Crippen LogP contribution >= 0.6 is 0 Å². The first kappa shape index (κ1) is 7.28. The molecular weight excluding hydrogens is 152 g/mol. The molecule has 0 saturated heterocycles. The van der Waals surface area contributed by atoms with Crippen LogP contribution < -0.4 is 5.32 Å². The molecule has 2 rings (SSSR count). The highest BCUT2D eigenvalue weighted by Gasteiger charge is 2.35. The Kier molecular flexibility index (Phi) is 1.25. The van der Waals surface area contributed by atoms with Crippen molar-refractivity contribution in [3.63, 3.8) is 0 Å². The van der Waals surface area contributed by atoms with Gasteiger partial charge in [-0.25, -0.2) is 0 Å². The Morgan fingerprint density at radius 1 is 1.50 bits per heavy atom. The molecule has 1 aromatic heterocycles. The van der Waals surface area contributed by atoms with Crippen LogP contribution in [-0.4, -0.2) is 10.9 Å². The number of amides is 1. The van der Waals surface area contributed by atoms with Crippen LogP contribution in [0.25, 0.3) is 0 Å². The largest absolute Gasteiger partial charge is 0.341 e. The molecule has 1 N–H and O–H groups in total. The predicted octanol–water partition coefficient (Wildman–Crippen LogP) is 1.06. The number of hydrogen-bond donors (Lipinski definition) is 1. The lowest BCUT2D eigenvalue weighted by Gasteiger charge is -2.17. The molecule has 0 aliphatic carbocycles. The summed E-state index contributed by atoms with van der Waals surface area (Å²) in [7, 11) is 0. The van der Waals surface area contributed by atoms with Gasteiger partial charge in [0, 0.05) is 6.20 Å². The van der Waals surface area contributed by atoms with Crippen molar-refractivity contribution in [2.24, 2.45) is 0 Å². The minimum absolute atomic E-state index is 0.0249. The van der Waals surface area contributed by atoms with Crippen molar-refractivity contribution in [3.8, 4) is 0 Å². The van der Waals surface area contributed by atoms with Crippen molar-refractivity contribution in [1.29, 1.82) is 0 Å². The number of fused-ring (bicyclic) bond motifs is 1. The quantitative estimate of drug-likeness (QED) is 0.619. The summed E-state index contributed by atoms with van der Waals surface area (Å²) in [6.07, 6.45) is 1.71. The number of nitrogens with zero attached hydrogens (tertiary/aromatic N) is 1. The number of carbonyl (C=O) groups is 1. The van der Waals surface area contributed by atoms with Crippen molar-refractivity contribution >= 4 is 5.91 Å². The molecule has 0 radical (unpaired) electrons. The van der Waals surface area contributed by atoms with E-state index in [4.69, 9.17) is 0 Å². The van der Waals surface area contributed by atoms with Gasteiger partial charge >= 0.3 is 0 Å². The Balaban J connectivity index is 2.66. The van der Waals surface area contributed by atoms with E-state index >= 15 is 0 Å². The smallest absolute Gasteiger partial charge is 0.253 e. The zero-order chi connectivity index (χ0) is 8.77. The molecule has 1 amide bonds. The van der Waals surface area contributed by atoms with Gasteiger partial charge < -0.3 is 5.32 Å². The number of nitrogens with one attached hydrogen (secondary N) is 1. The second-order valence-corrected chi connectivity index (χ2v) is 3.48. The third kappa shape index (κ3) is 0.826. The predicted molar refractivity (Wildman–Crippen MR) is 44.7 cm³/mol. The van der Waals surface area contributed by atoms with Gasteiger partial charge in [0.05, 0.1) is 16.8 Å². The first-order valence-electron chi connectivity index (χ1n) is 3.89. The minimum atomic E-state index is -0.312. The molecule has 2 heterocycles. The maximum absolute atomic E-state index is 11.3. The zero-order valence-electron chi connectivity index (χ0n) is 7.09. The van der Waals surface area contributed by atoms with E-state index in [0.717, 1.165) is 5.69 Å². The van der Waals surface area contributed by atoms with Gasteiger partial charge in [-0.2, -0.15) is 0 Å². The molecule has 0 fully saturated rings. The van der Waals surface area contributed by atoms with Gasteiger partial charge in [0.1, 0.15) is 0 Å². The Labute approximate surface area is 70.8 Å². The molecule has 12 heavy (non-hydrogen) atoms. The van der Waals surface area contributed by atoms with Crippen LogP contribution in [0, 0.1) is 0 Å². The van der Waals surface area contributed by atoms with Crippen LogP contribution in [0.3, 0.4) is 0 Å². The molecule has 0 aromatic carbocycles. The van der Waals surface area contributed by atoms with Crippen LogP contribution in [0.1, 0.15) is 29.9 Å². The maximum Gasteiger partial charge on any atom is 0.253 e. The van der Waals surface area contributed by atoms with E-state index in [9.17, 15) is 4.79 Å². The molecule has 0 spiro atoms. The van der Waals surface area contributed by atoms with Crippen LogP contribution in [-0.2, 0) is 5.54 Å². The van der Waals surface area contributed by atoms with E-state index in [2.05, 4.69) is 10.3 Å². The standard InChI is InChI=1S/C9H10N2O/c1-9(2)7-6(8(12)11-9)4-3-5-10-7/h3-5H,1-2H3,(H,11,12). The summed E-state index contributed by atoms with van der Waals surface area (Å²) in [5.41, 5.74) is 1.23. The molecule has 0 saturated carbocycles. The monoisotopic (exact) mass is 162 g/mol. The van der Waals surface area contributed by atoms with Crippen molar-refractivity contribution in [3.05, 3.63) is 29.6 Å². The van der Waals surface area contributed by atoms with E-state index in [1.54, 1.807) is 18.3 Å². The summed E-state index contributed by atoms with van der Waals surface area (Å²) in [4.78, 5) is 15.5. The molecule has 0 unspecified atom stereocenters. The number of aromatic nitrogens is 1. The molecule has 3 heteroatoms. The van der Waals surface area contributed by atoms with Gasteiger partial charge in [-0.05, 0) is 26.0 Å². The van der Waals surface area contributed by atoms with Crippen LogP contribution in [0.4, 0.5) is 0 Å². The van der Waals surface area contributed by atoms with Gasteiger partial charge in [0.2, 0.25) is 0 Å². The second kappa shape index (κ2) is 2.06. The number of rotatable bonds is 0. The van der Waals surface area contributed by atoms with Gasteiger partial charge in [-0.1, -0.05) is 0 Å². The van der Waals surface area contributed by atoms with Crippen LogP contribution in [0.2, 0.25) is 0 Å². The second-order valence-electron chi connectivity index (χ2n) is 3.48. The Morgan fingerprint density at radius 2 is 2.25 bits per heavy atom. The van der Waals surface area contributed by atoms with E-state index in [0.29, 0.717) is 5.56 Å². The average molecular weight is 162 g/mol. The van der Waals surface area contributed by atoms with Crippen molar-refractivity contribution < 1.29 is 4.79 Å². The lowest BCUT2D eigenvalue weighted by molar-refractivity contribution is 0.0940. The summed E-state index contributed by atoms with van der Waals surface area (Å²) in [5, 5.41) is 2.86. The number of carbonyl (C=O) groups excluding carboxylic acids is 1. The highest BCUT2D eigenvalue weighted by Crippen LogP contribution is 2.27. The molecule has 62 valence electrons.